The lowest BCUT2D eigenvalue weighted by atomic mass is 10.0. The molecule has 0 rings (SSSR count). The van der Waals surface area contributed by atoms with Crippen LogP contribution in [-0.4, -0.2) is 41.1 Å². The molecule has 0 bridgehead atoms. The third kappa shape index (κ3) is 4.61. The molecular weight excluding hydrogens is 380 g/mol. The van der Waals surface area contributed by atoms with Crippen LogP contribution in [0.2, 0.25) is 0 Å². The van der Waals surface area contributed by atoms with Gasteiger partial charge in [-0.15, -0.1) is 0 Å². The van der Waals surface area contributed by atoms with Gasteiger partial charge in [-0.1, -0.05) is 0 Å². The van der Waals surface area contributed by atoms with E-state index in [1.54, 1.807) is 0 Å². The number of rotatable bonds is 4. The molecule has 0 aliphatic rings. The van der Waals surface area contributed by atoms with Crippen LogP contribution < -0.4 is 0 Å². The molecule has 0 fully saturated rings. The molecule has 0 aliphatic carbocycles. The van der Waals surface area contributed by atoms with Gasteiger partial charge in [-0.2, -0.15) is 56.9 Å². The standard InChI is InChI=1S/C6H2F12O3S/c7-2(8,9)1-20-22(19)21-3(4(10,11)12,5(13,14)15)6(16,17)18/h1H2. The maximum Gasteiger partial charge on any atom is 0.437 e. The van der Waals surface area contributed by atoms with E-state index in [1.807, 2.05) is 0 Å². The molecule has 0 amide bonds. The lowest BCUT2D eigenvalue weighted by molar-refractivity contribution is -0.436. The quantitative estimate of drug-likeness (QED) is 0.698. The Bertz CT molecular complexity index is 367. The first-order valence-electron chi connectivity index (χ1n) is 4.36. The molecule has 0 aliphatic heterocycles. The Morgan fingerprint density at radius 3 is 1.23 bits per heavy atom. The van der Waals surface area contributed by atoms with Crippen LogP contribution in [0.1, 0.15) is 0 Å². The minimum atomic E-state index is -7.24. The van der Waals surface area contributed by atoms with Gasteiger partial charge in [-0.25, -0.2) is 4.18 Å². The number of hydrogen-bond acceptors (Lipinski definition) is 3. The van der Waals surface area contributed by atoms with Gasteiger partial charge in [0.15, 0.2) is 6.61 Å². The highest BCUT2D eigenvalue weighted by Gasteiger charge is 2.86. The first-order valence-corrected chi connectivity index (χ1v) is 5.36. The van der Waals surface area contributed by atoms with E-state index in [4.69, 9.17) is 0 Å². The Kier molecular flexibility index (Phi) is 5.82. The zero-order chi connectivity index (χ0) is 18.2. The predicted octanol–water partition coefficient (Wildman–Crippen LogP) is 3.59. The fraction of sp³-hybridized carbons (Fsp3) is 1.00. The second-order valence-corrected chi connectivity index (χ2v) is 4.15. The Morgan fingerprint density at radius 2 is 1.00 bits per heavy atom. The van der Waals surface area contributed by atoms with E-state index >= 15 is 0 Å². The van der Waals surface area contributed by atoms with Crippen molar-refractivity contribution in [3.8, 4) is 0 Å². The monoisotopic (exact) mass is 382 g/mol. The van der Waals surface area contributed by atoms with E-state index in [0.29, 0.717) is 0 Å². The summed E-state index contributed by atoms with van der Waals surface area (Å²) in [6.07, 6.45) is -27.1. The molecule has 0 spiro atoms. The molecule has 0 radical (unpaired) electrons. The van der Waals surface area contributed by atoms with Crippen LogP contribution in [0.15, 0.2) is 0 Å². The van der Waals surface area contributed by atoms with Crippen LogP contribution >= 0.6 is 0 Å². The topological polar surface area (TPSA) is 35.5 Å². The normalized spacial score (nSPS) is 16.7. The Morgan fingerprint density at radius 1 is 0.682 bits per heavy atom. The first kappa shape index (κ1) is 21.2. The number of alkyl halides is 12. The zero-order valence-corrected chi connectivity index (χ0v) is 10.2. The fourth-order valence-electron chi connectivity index (χ4n) is 0.865. The molecule has 0 aromatic heterocycles. The molecule has 1 atom stereocenters. The molecule has 0 aromatic carbocycles. The van der Waals surface area contributed by atoms with Crippen molar-refractivity contribution >= 4 is 11.4 Å². The van der Waals surface area contributed by atoms with E-state index in [9.17, 15) is 56.9 Å². The first-order chi connectivity index (χ1) is 9.35. The maximum absolute atomic E-state index is 12.2. The Hall–Kier alpha value is -0.770. The third-order valence-corrected chi connectivity index (χ3v) is 2.41. The minimum Gasteiger partial charge on any atom is -0.259 e. The smallest absolute Gasteiger partial charge is 0.259 e. The molecule has 0 saturated carbocycles. The summed E-state index contributed by atoms with van der Waals surface area (Å²) in [6, 6.07) is 0. The van der Waals surface area contributed by atoms with Gasteiger partial charge >= 0.3 is 41.7 Å². The number of halogens is 12. The van der Waals surface area contributed by atoms with Crippen molar-refractivity contribution in [3.63, 3.8) is 0 Å². The second-order valence-electron chi connectivity index (χ2n) is 3.34. The van der Waals surface area contributed by atoms with Gasteiger partial charge in [0.2, 0.25) is 0 Å². The lowest BCUT2D eigenvalue weighted by Crippen LogP contribution is -2.68. The summed E-state index contributed by atoms with van der Waals surface area (Å²) in [6.45, 7) is -2.71. The average Bonchev–Trinajstić information content (AvgIpc) is 2.16. The van der Waals surface area contributed by atoms with E-state index in [2.05, 4.69) is 8.37 Å². The van der Waals surface area contributed by atoms with Crippen molar-refractivity contribution in [1.29, 1.82) is 0 Å². The summed E-state index contributed by atoms with van der Waals surface area (Å²) in [7, 11) is 0. The molecule has 134 valence electrons. The molecule has 0 aromatic rings. The van der Waals surface area contributed by atoms with Crippen molar-refractivity contribution in [1.82, 2.24) is 0 Å². The molecule has 0 saturated heterocycles. The maximum atomic E-state index is 12.2. The predicted molar refractivity (Wildman–Crippen MR) is 42.1 cm³/mol. The summed E-state index contributed by atoms with van der Waals surface area (Å²) in [4.78, 5) is 0. The molecule has 3 nitrogen and oxygen atoms in total. The summed E-state index contributed by atoms with van der Waals surface area (Å²) in [5.41, 5.74) is -6.98. The van der Waals surface area contributed by atoms with Crippen LogP contribution in [0.5, 0.6) is 0 Å². The molecule has 16 heteroatoms. The molecule has 1 unspecified atom stereocenters. The van der Waals surface area contributed by atoms with E-state index in [-0.39, 0.29) is 0 Å². The van der Waals surface area contributed by atoms with Gasteiger partial charge in [0.1, 0.15) is 0 Å². The molecular formula is C6H2F12O3S. The average molecular weight is 382 g/mol. The summed E-state index contributed by atoms with van der Waals surface area (Å²) < 4.78 is 160. The highest BCUT2D eigenvalue weighted by Crippen LogP contribution is 2.55. The second kappa shape index (κ2) is 6.03. The SMILES string of the molecule is O=S(OCC(F)(F)F)OC(C(F)(F)F)(C(F)(F)F)C(F)(F)F. The summed E-state index contributed by atoms with van der Waals surface area (Å²) >= 11 is -4.66. The Balaban J connectivity index is 5.68. The van der Waals surface area contributed by atoms with Gasteiger partial charge < -0.3 is 0 Å². The van der Waals surface area contributed by atoms with Gasteiger partial charge in [-0.05, 0) is 0 Å². The summed E-state index contributed by atoms with van der Waals surface area (Å²) in [5.74, 6) is 0. The van der Waals surface area contributed by atoms with Gasteiger partial charge in [0, 0.05) is 0 Å². The highest BCUT2D eigenvalue weighted by molar-refractivity contribution is 7.75. The summed E-state index contributed by atoms with van der Waals surface area (Å²) in [5, 5.41) is 0. The van der Waals surface area contributed by atoms with Crippen LogP contribution in [0.25, 0.3) is 0 Å². The molecule has 0 N–H and O–H groups in total. The highest BCUT2D eigenvalue weighted by atomic mass is 32.2. The van der Waals surface area contributed by atoms with Crippen LogP contribution in [-0.2, 0) is 19.7 Å². The van der Waals surface area contributed by atoms with Crippen molar-refractivity contribution in [2.75, 3.05) is 6.61 Å². The number of hydrogen-bond donors (Lipinski definition) is 0. The largest absolute Gasteiger partial charge is 0.437 e. The zero-order valence-electron chi connectivity index (χ0n) is 9.38. The van der Waals surface area contributed by atoms with Gasteiger partial charge in [-0.3, -0.25) is 4.18 Å². The van der Waals surface area contributed by atoms with Gasteiger partial charge in [0.25, 0.3) is 0 Å². The lowest BCUT2D eigenvalue weighted by Gasteiger charge is -2.36. The third-order valence-electron chi connectivity index (χ3n) is 1.71. The van der Waals surface area contributed by atoms with E-state index in [1.165, 1.54) is 0 Å². The molecule has 22 heavy (non-hydrogen) atoms. The van der Waals surface area contributed by atoms with E-state index < -0.39 is 48.3 Å². The fourth-order valence-corrected chi connectivity index (χ4v) is 1.63. The van der Waals surface area contributed by atoms with Crippen molar-refractivity contribution < 1.29 is 65.3 Å². The van der Waals surface area contributed by atoms with E-state index in [0.717, 1.165) is 0 Å². The van der Waals surface area contributed by atoms with Crippen molar-refractivity contribution in [2.24, 2.45) is 0 Å². The molecule has 0 heterocycles. The van der Waals surface area contributed by atoms with Crippen LogP contribution in [0, 0.1) is 0 Å². The van der Waals surface area contributed by atoms with Crippen LogP contribution in [0.3, 0.4) is 0 Å². The van der Waals surface area contributed by atoms with Gasteiger partial charge in [0.05, 0.1) is 0 Å². The van der Waals surface area contributed by atoms with Crippen molar-refractivity contribution in [2.45, 2.75) is 30.3 Å². The Labute approximate surface area is 115 Å². The minimum absolute atomic E-state index is 2.30. The van der Waals surface area contributed by atoms with Crippen molar-refractivity contribution in [3.05, 3.63) is 0 Å². The van der Waals surface area contributed by atoms with Crippen LogP contribution in [0.4, 0.5) is 52.7 Å².